The van der Waals surface area contributed by atoms with Gasteiger partial charge in [-0.05, 0) is 13.3 Å². The summed E-state index contributed by atoms with van der Waals surface area (Å²) < 4.78 is 0. The minimum absolute atomic E-state index is 0.434. The third-order valence-electron chi connectivity index (χ3n) is 1.60. The number of hydrogen-bond donors (Lipinski definition) is 2. The third-order valence-corrected chi connectivity index (χ3v) is 1.60. The smallest absolute Gasteiger partial charge is 0.313 e. The summed E-state index contributed by atoms with van der Waals surface area (Å²) in [7, 11) is 0. The van der Waals surface area contributed by atoms with Gasteiger partial charge in [0, 0.05) is 0 Å². The van der Waals surface area contributed by atoms with E-state index < -0.39 is 18.0 Å². The lowest BCUT2D eigenvalue weighted by atomic mass is 9.94. The number of aliphatic hydroxyl groups excluding tert-OH is 1. The van der Waals surface area contributed by atoms with Crippen molar-refractivity contribution in [2.24, 2.45) is 5.92 Å². The van der Waals surface area contributed by atoms with Crippen molar-refractivity contribution in [3.05, 3.63) is 12.2 Å². The van der Waals surface area contributed by atoms with E-state index in [1.54, 1.807) is 13.8 Å². The van der Waals surface area contributed by atoms with E-state index in [9.17, 15) is 9.90 Å². The third kappa shape index (κ3) is 2.72. The Balaban J connectivity index is 4.34. The zero-order valence-corrected chi connectivity index (χ0v) is 6.87. The molecule has 0 saturated carbocycles. The fraction of sp³-hybridized carbons (Fsp3) is 0.625. The zero-order chi connectivity index (χ0) is 9.02. The quantitative estimate of drug-likeness (QED) is 0.601. The summed E-state index contributed by atoms with van der Waals surface area (Å²) in [6, 6.07) is 0. The van der Waals surface area contributed by atoms with E-state index >= 15 is 0 Å². The predicted molar refractivity (Wildman–Crippen MR) is 42.2 cm³/mol. The molecule has 2 N–H and O–H groups in total. The molecule has 0 spiro atoms. The van der Waals surface area contributed by atoms with Gasteiger partial charge >= 0.3 is 5.97 Å². The summed E-state index contributed by atoms with van der Waals surface area (Å²) in [6.45, 7) is 6.85. The standard InChI is InChI=1S/C8H14O3/c1-4-6(9)7(5(2)3)8(10)11/h6-7,9H,2,4H2,1,3H3,(H,10,11). The van der Waals surface area contributed by atoms with E-state index in [-0.39, 0.29) is 0 Å². The maximum absolute atomic E-state index is 10.5. The predicted octanol–water partition coefficient (Wildman–Crippen LogP) is 1.03. The van der Waals surface area contributed by atoms with Gasteiger partial charge in [0.25, 0.3) is 0 Å². The van der Waals surface area contributed by atoms with Crippen LogP contribution in [0.15, 0.2) is 12.2 Å². The Labute approximate surface area is 66.4 Å². The van der Waals surface area contributed by atoms with Crippen LogP contribution in [0.25, 0.3) is 0 Å². The summed E-state index contributed by atoms with van der Waals surface area (Å²) in [5.41, 5.74) is 0.492. The summed E-state index contributed by atoms with van der Waals surface area (Å²) in [4.78, 5) is 10.5. The van der Waals surface area contributed by atoms with Gasteiger partial charge in [0.05, 0.1) is 6.10 Å². The summed E-state index contributed by atoms with van der Waals surface area (Å²) in [6.07, 6.45) is -0.380. The van der Waals surface area contributed by atoms with Crippen LogP contribution in [0, 0.1) is 5.92 Å². The highest BCUT2D eigenvalue weighted by atomic mass is 16.4. The number of carboxylic acid groups (broad SMARTS) is 1. The van der Waals surface area contributed by atoms with Crippen LogP contribution in [-0.2, 0) is 4.79 Å². The van der Waals surface area contributed by atoms with Crippen LogP contribution in [0.5, 0.6) is 0 Å². The van der Waals surface area contributed by atoms with Crippen LogP contribution < -0.4 is 0 Å². The Kier molecular flexibility index (Phi) is 3.82. The fourth-order valence-electron chi connectivity index (χ4n) is 0.939. The number of hydrogen-bond acceptors (Lipinski definition) is 2. The first-order valence-corrected chi connectivity index (χ1v) is 3.57. The molecule has 11 heavy (non-hydrogen) atoms. The largest absolute Gasteiger partial charge is 0.481 e. The number of carboxylic acids is 1. The Morgan fingerprint density at radius 1 is 1.64 bits per heavy atom. The molecular weight excluding hydrogens is 144 g/mol. The highest BCUT2D eigenvalue weighted by Gasteiger charge is 2.25. The first-order valence-electron chi connectivity index (χ1n) is 3.57. The molecule has 0 aromatic heterocycles. The van der Waals surface area contributed by atoms with Gasteiger partial charge in [0.2, 0.25) is 0 Å². The van der Waals surface area contributed by atoms with Crippen LogP contribution in [0.4, 0.5) is 0 Å². The Morgan fingerprint density at radius 3 is 2.18 bits per heavy atom. The van der Waals surface area contributed by atoms with E-state index in [0.717, 1.165) is 0 Å². The summed E-state index contributed by atoms with van der Waals surface area (Å²) in [5, 5.41) is 17.8. The molecule has 0 amide bonds. The van der Waals surface area contributed by atoms with Crippen molar-refractivity contribution in [3.63, 3.8) is 0 Å². The van der Waals surface area contributed by atoms with Crippen molar-refractivity contribution in [2.45, 2.75) is 26.4 Å². The fourth-order valence-corrected chi connectivity index (χ4v) is 0.939. The second-order valence-electron chi connectivity index (χ2n) is 2.64. The molecule has 0 aliphatic rings. The number of aliphatic carboxylic acids is 1. The lowest BCUT2D eigenvalue weighted by Gasteiger charge is -2.16. The molecule has 0 aromatic carbocycles. The van der Waals surface area contributed by atoms with E-state index in [1.807, 2.05) is 0 Å². The maximum Gasteiger partial charge on any atom is 0.313 e. The van der Waals surface area contributed by atoms with Gasteiger partial charge in [-0.2, -0.15) is 0 Å². The normalized spacial score (nSPS) is 15.5. The van der Waals surface area contributed by atoms with Crippen LogP contribution in [0.1, 0.15) is 20.3 Å². The van der Waals surface area contributed by atoms with E-state index in [0.29, 0.717) is 12.0 Å². The molecule has 2 atom stereocenters. The van der Waals surface area contributed by atoms with Gasteiger partial charge in [-0.1, -0.05) is 19.1 Å². The van der Waals surface area contributed by atoms with Crippen molar-refractivity contribution < 1.29 is 15.0 Å². The van der Waals surface area contributed by atoms with E-state index in [2.05, 4.69) is 6.58 Å². The monoisotopic (exact) mass is 158 g/mol. The number of aliphatic hydroxyl groups is 1. The van der Waals surface area contributed by atoms with E-state index in [1.165, 1.54) is 0 Å². The maximum atomic E-state index is 10.5. The van der Waals surface area contributed by atoms with Crippen LogP contribution in [0.2, 0.25) is 0 Å². The minimum Gasteiger partial charge on any atom is -0.481 e. The Bertz CT molecular complexity index is 149. The topological polar surface area (TPSA) is 57.5 Å². The second-order valence-corrected chi connectivity index (χ2v) is 2.64. The lowest BCUT2D eigenvalue weighted by Crippen LogP contribution is -2.28. The molecule has 0 fully saturated rings. The highest BCUT2D eigenvalue weighted by molar-refractivity contribution is 5.73. The van der Waals surface area contributed by atoms with Gasteiger partial charge in [-0.15, -0.1) is 0 Å². The molecule has 3 heteroatoms. The molecule has 64 valence electrons. The molecule has 0 aliphatic carbocycles. The van der Waals surface area contributed by atoms with Crippen LogP contribution >= 0.6 is 0 Å². The van der Waals surface area contributed by atoms with Gasteiger partial charge in [-0.25, -0.2) is 0 Å². The SMILES string of the molecule is C=C(C)C(C(=O)O)C(O)CC. The molecule has 0 aliphatic heterocycles. The van der Waals surface area contributed by atoms with Crippen LogP contribution in [0.3, 0.4) is 0 Å². The van der Waals surface area contributed by atoms with Gasteiger partial charge in [0.15, 0.2) is 0 Å². The van der Waals surface area contributed by atoms with Crippen LogP contribution in [-0.4, -0.2) is 22.3 Å². The molecule has 0 rings (SSSR count). The van der Waals surface area contributed by atoms with Crippen molar-refractivity contribution in [2.75, 3.05) is 0 Å². The minimum atomic E-state index is -1.01. The number of carbonyl (C=O) groups is 1. The molecule has 2 unspecified atom stereocenters. The van der Waals surface area contributed by atoms with Gasteiger partial charge in [-0.3, -0.25) is 4.79 Å². The van der Waals surface area contributed by atoms with Crippen molar-refractivity contribution >= 4 is 5.97 Å². The summed E-state index contributed by atoms with van der Waals surface area (Å²) >= 11 is 0. The molecule has 0 saturated heterocycles. The van der Waals surface area contributed by atoms with Crippen molar-refractivity contribution in [3.8, 4) is 0 Å². The molecule has 0 heterocycles. The van der Waals surface area contributed by atoms with Gasteiger partial charge < -0.3 is 10.2 Å². The molecule has 0 aromatic rings. The lowest BCUT2D eigenvalue weighted by molar-refractivity contribution is -0.143. The van der Waals surface area contributed by atoms with Gasteiger partial charge in [0.1, 0.15) is 5.92 Å². The van der Waals surface area contributed by atoms with Crippen molar-refractivity contribution in [1.29, 1.82) is 0 Å². The number of rotatable bonds is 4. The molecule has 3 nitrogen and oxygen atoms in total. The Hall–Kier alpha value is -0.830. The Morgan fingerprint density at radius 2 is 2.09 bits per heavy atom. The first-order chi connectivity index (χ1) is 5.00. The highest BCUT2D eigenvalue weighted by Crippen LogP contribution is 2.15. The molecule has 0 bridgehead atoms. The molecule has 0 radical (unpaired) electrons. The van der Waals surface area contributed by atoms with E-state index in [4.69, 9.17) is 5.11 Å². The summed E-state index contributed by atoms with van der Waals surface area (Å²) in [5.74, 6) is -1.83. The average Bonchev–Trinajstić information content (AvgIpc) is 1.85. The van der Waals surface area contributed by atoms with Crippen molar-refractivity contribution in [1.82, 2.24) is 0 Å². The average molecular weight is 158 g/mol. The zero-order valence-electron chi connectivity index (χ0n) is 6.87. The molecular formula is C8H14O3. The first kappa shape index (κ1) is 10.2. The second kappa shape index (κ2) is 4.13.